The lowest BCUT2D eigenvalue weighted by Crippen LogP contribution is -1.55. The Hall–Kier alpha value is -0.370. The van der Waals surface area contributed by atoms with Gasteiger partial charge in [0.25, 0.3) is 0 Å². The Labute approximate surface area is 80.5 Å². The highest BCUT2D eigenvalue weighted by atomic mass is 32.5. The quantitative estimate of drug-likeness (QED) is 0.609. The number of hydrogen-bond donors (Lipinski definition) is 0. The summed E-state index contributed by atoms with van der Waals surface area (Å²) in [6, 6.07) is 4.04. The van der Waals surface area contributed by atoms with Gasteiger partial charge in [0, 0.05) is 0 Å². The summed E-state index contributed by atoms with van der Waals surface area (Å²) in [4.78, 5) is 0. The molecule has 12 heavy (non-hydrogen) atoms. The highest BCUT2D eigenvalue weighted by Crippen LogP contribution is 2.04. The first-order valence-corrected chi connectivity index (χ1v) is 7.02. The van der Waals surface area contributed by atoms with E-state index in [4.69, 9.17) is 1.28 Å². The molecule has 0 amide bonds. The van der Waals surface area contributed by atoms with Gasteiger partial charge in [-0.2, -0.15) is 11.3 Å². The summed E-state index contributed by atoms with van der Waals surface area (Å²) in [5, 5.41) is 7.68. The van der Waals surface area contributed by atoms with E-state index in [1.165, 1.54) is 0 Å². The Kier molecular flexibility index (Phi) is 4.24. The van der Waals surface area contributed by atoms with Crippen molar-refractivity contribution in [3.8, 4) is 0 Å². The minimum absolute atomic E-state index is 0.364. The highest BCUT2D eigenvalue weighted by Gasteiger charge is 1.83. The van der Waals surface area contributed by atoms with Gasteiger partial charge in [0.1, 0.15) is 8.46 Å². The SMILES string of the molecule is [2H]P(=O)=S1C=CC=C1.c1ccsc1. The number of thiophene rings is 1. The van der Waals surface area contributed by atoms with Crippen molar-refractivity contribution in [1.82, 2.24) is 0 Å². The molecule has 0 saturated carbocycles. The van der Waals surface area contributed by atoms with E-state index in [9.17, 15) is 4.57 Å². The molecule has 1 nitrogen and oxygen atoms in total. The van der Waals surface area contributed by atoms with Crippen LogP contribution in [0.25, 0.3) is 0 Å². The number of rotatable bonds is 0. The molecule has 0 radical (unpaired) electrons. The monoisotopic (exact) mass is 217 g/mol. The van der Waals surface area contributed by atoms with Gasteiger partial charge >= 0.3 is 0 Å². The Balaban J connectivity index is 0.000000145. The first-order valence-electron chi connectivity index (χ1n) is 3.76. The van der Waals surface area contributed by atoms with Crippen molar-refractivity contribution in [2.45, 2.75) is 0 Å². The molecule has 1 aliphatic heterocycles. The third kappa shape index (κ3) is 3.86. The Morgan fingerprint density at radius 1 is 1.25 bits per heavy atom. The summed E-state index contributed by atoms with van der Waals surface area (Å²) in [6.07, 6.45) is 3.65. The summed E-state index contributed by atoms with van der Waals surface area (Å²) < 4.78 is 17.2. The molecule has 4 heteroatoms. The molecule has 0 N–H and O–H groups in total. The standard InChI is InChI=1S/C4H5OPS.C4H4S/c5-6-7-3-1-2-4-7;1-2-4-5-3-1/h1-4,6H;1-4H/i6D;. The molecule has 1 aliphatic rings. The van der Waals surface area contributed by atoms with Crippen molar-refractivity contribution in [1.29, 1.82) is 1.28 Å². The second kappa shape index (κ2) is 6.18. The first kappa shape index (κ1) is 8.24. The van der Waals surface area contributed by atoms with Crippen molar-refractivity contribution in [2.75, 3.05) is 0 Å². The Bertz CT molecular complexity index is 344. The molecule has 0 aliphatic carbocycles. The summed E-state index contributed by atoms with van der Waals surface area (Å²) >= 11 is 1.71. The van der Waals surface area contributed by atoms with Gasteiger partial charge in [0.2, 0.25) is 0 Å². The molecule has 0 bridgehead atoms. The largest absolute Gasteiger partial charge is 0.279 e. The lowest BCUT2D eigenvalue weighted by molar-refractivity contribution is 0.606. The van der Waals surface area contributed by atoms with Gasteiger partial charge in [-0.05, 0) is 21.6 Å². The van der Waals surface area contributed by atoms with Crippen molar-refractivity contribution >= 4 is 28.6 Å². The van der Waals surface area contributed by atoms with Crippen LogP contribution in [0.1, 0.15) is 0 Å². The average Bonchev–Trinajstić information content (AvgIpc) is 2.82. The fraction of sp³-hybridized carbons (Fsp3) is 0. The number of allylic oxidation sites excluding steroid dienone is 2. The van der Waals surface area contributed by atoms with Crippen LogP contribution in [0, 0.1) is 0 Å². The van der Waals surface area contributed by atoms with E-state index >= 15 is 0 Å². The minimum Gasteiger partial charge on any atom is -0.279 e. The summed E-state index contributed by atoms with van der Waals surface area (Å²) in [5.41, 5.74) is 0. The molecule has 0 fully saturated rings. The van der Waals surface area contributed by atoms with Crippen molar-refractivity contribution in [3.05, 3.63) is 45.9 Å². The molecule has 1 unspecified atom stereocenters. The number of hydrogen-bond acceptors (Lipinski definition) is 2. The van der Waals surface area contributed by atoms with Crippen molar-refractivity contribution < 1.29 is 4.57 Å². The minimum atomic E-state index is -1.75. The predicted molar refractivity (Wildman–Crippen MR) is 59.0 cm³/mol. The van der Waals surface area contributed by atoms with Crippen LogP contribution >= 0.6 is 18.5 Å². The fourth-order valence-electron chi connectivity index (χ4n) is 0.574. The molecular weight excluding hydrogens is 207 g/mol. The molecule has 0 saturated heterocycles. The zero-order valence-electron chi connectivity index (χ0n) is 7.29. The van der Waals surface area contributed by atoms with Gasteiger partial charge in [0.15, 0.2) is 0 Å². The Morgan fingerprint density at radius 2 is 1.83 bits per heavy atom. The molecule has 1 atom stereocenters. The third-order valence-corrected chi connectivity index (χ3v) is 3.98. The van der Waals surface area contributed by atoms with Crippen LogP contribution in [0.3, 0.4) is 0 Å². The van der Waals surface area contributed by atoms with Gasteiger partial charge < -0.3 is 0 Å². The van der Waals surface area contributed by atoms with Crippen LogP contribution in [-0.2, 0) is 14.6 Å². The lowest BCUT2D eigenvalue weighted by Gasteiger charge is -1.73. The van der Waals surface area contributed by atoms with Crippen LogP contribution in [0.4, 0.5) is 0 Å². The molecule has 1 aromatic rings. The van der Waals surface area contributed by atoms with E-state index in [2.05, 4.69) is 0 Å². The maximum atomic E-state index is 10.4. The molecule has 64 valence electrons. The maximum absolute atomic E-state index is 10.4. The van der Waals surface area contributed by atoms with E-state index in [-0.39, 0.29) is 10.1 Å². The normalized spacial score (nSPS) is 16.7. The zero-order chi connectivity index (χ0) is 9.52. The smallest absolute Gasteiger partial charge is 0.140 e. The van der Waals surface area contributed by atoms with E-state index in [0.29, 0.717) is 0 Å². The van der Waals surface area contributed by atoms with E-state index in [1.54, 1.807) is 22.2 Å². The van der Waals surface area contributed by atoms with Crippen LogP contribution in [0.15, 0.2) is 45.9 Å². The second-order valence-corrected chi connectivity index (χ2v) is 5.79. The van der Waals surface area contributed by atoms with Crippen LogP contribution < -0.4 is 0 Å². The van der Waals surface area contributed by atoms with Gasteiger partial charge in [0.05, 0.1) is 0 Å². The molecule has 0 spiro atoms. The first-order chi connectivity index (χ1) is 6.30. The van der Waals surface area contributed by atoms with E-state index in [0.717, 1.165) is 0 Å². The van der Waals surface area contributed by atoms with Gasteiger partial charge in [-0.25, -0.2) is 0 Å². The third-order valence-electron chi connectivity index (χ3n) is 1.06. The summed E-state index contributed by atoms with van der Waals surface area (Å²) in [6.45, 7) is 0. The van der Waals surface area contributed by atoms with Crippen LogP contribution in [0.5, 0.6) is 0 Å². The lowest BCUT2D eigenvalue weighted by atomic mass is 10.6. The van der Waals surface area contributed by atoms with E-state index in [1.807, 2.05) is 35.0 Å². The maximum Gasteiger partial charge on any atom is 0.140 e. The molecule has 2 rings (SSSR count). The fourth-order valence-corrected chi connectivity index (χ4v) is 2.44. The molecule has 0 aromatic carbocycles. The summed E-state index contributed by atoms with van der Waals surface area (Å²) in [7, 11) is -2.11. The Morgan fingerprint density at radius 3 is 2.08 bits per heavy atom. The molecule has 2 heterocycles. The average molecular weight is 217 g/mol. The summed E-state index contributed by atoms with van der Waals surface area (Å²) in [5.74, 6) is 0. The van der Waals surface area contributed by atoms with Crippen LogP contribution in [0.2, 0.25) is 0 Å². The zero-order valence-corrected chi connectivity index (χ0v) is 8.82. The van der Waals surface area contributed by atoms with Crippen LogP contribution in [-0.4, -0.2) is 1.28 Å². The molecule has 1 aromatic heterocycles. The highest BCUT2D eigenvalue weighted by molar-refractivity contribution is 8.21. The van der Waals surface area contributed by atoms with Gasteiger partial charge in [-0.15, -0.1) is 0 Å². The van der Waals surface area contributed by atoms with Gasteiger partial charge in [-0.3, -0.25) is 4.57 Å². The van der Waals surface area contributed by atoms with Crippen molar-refractivity contribution in [3.63, 3.8) is 0 Å². The predicted octanol–water partition coefficient (Wildman–Crippen LogP) is 3.33. The topological polar surface area (TPSA) is 17.1 Å². The van der Waals surface area contributed by atoms with E-state index < -0.39 is 7.18 Å². The van der Waals surface area contributed by atoms with Crippen molar-refractivity contribution in [2.24, 2.45) is 0 Å². The van der Waals surface area contributed by atoms with Gasteiger partial charge in [-0.1, -0.05) is 34.4 Å². The second-order valence-electron chi connectivity index (χ2n) is 1.87. The molecular formula is C8H9OPS2.